The van der Waals surface area contributed by atoms with Crippen molar-refractivity contribution >= 4 is 11.8 Å². The van der Waals surface area contributed by atoms with Crippen molar-refractivity contribution in [1.82, 2.24) is 5.32 Å². The zero-order valence-electron chi connectivity index (χ0n) is 13.7. The SMILES string of the molecule is CCCNC1CCCCC(C2CCOC3(CCSC3)C2)C1. The molecule has 2 heterocycles. The average Bonchev–Trinajstić information content (AvgIpc) is 2.81. The van der Waals surface area contributed by atoms with E-state index in [0.29, 0.717) is 0 Å². The summed E-state index contributed by atoms with van der Waals surface area (Å²) in [5.74, 6) is 4.46. The van der Waals surface area contributed by atoms with Gasteiger partial charge in [0.25, 0.3) is 0 Å². The van der Waals surface area contributed by atoms with E-state index in [1.807, 2.05) is 0 Å². The summed E-state index contributed by atoms with van der Waals surface area (Å²) in [6.07, 6.45) is 12.4. The zero-order valence-corrected chi connectivity index (χ0v) is 14.6. The van der Waals surface area contributed by atoms with Crippen LogP contribution in [0.15, 0.2) is 0 Å². The monoisotopic (exact) mass is 311 g/mol. The second-order valence-electron chi connectivity index (χ2n) is 7.52. The molecule has 0 aromatic carbocycles. The summed E-state index contributed by atoms with van der Waals surface area (Å²) >= 11 is 2.11. The summed E-state index contributed by atoms with van der Waals surface area (Å²) in [6.45, 7) is 4.50. The lowest BCUT2D eigenvalue weighted by Gasteiger charge is -2.41. The Balaban J connectivity index is 1.58. The van der Waals surface area contributed by atoms with Gasteiger partial charge in [0.15, 0.2) is 0 Å². The smallest absolute Gasteiger partial charge is 0.0783 e. The third kappa shape index (κ3) is 4.17. The van der Waals surface area contributed by atoms with Crippen LogP contribution in [-0.4, -0.2) is 36.3 Å². The molecule has 2 nitrogen and oxygen atoms in total. The van der Waals surface area contributed by atoms with Crippen molar-refractivity contribution < 1.29 is 4.74 Å². The molecule has 0 aromatic heterocycles. The molecule has 0 aromatic rings. The first-order valence-corrected chi connectivity index (χ1v) is 10.4. The average molecular weight is 312 g/mol. The minimum absolute atomic E-state index is 0.270. The van der Waals surface area contributed by atoms with E-state index in [-0.39, 0.29) is 5.60 Å². The van der Waals surface area contributed by atoms with Crippen LogP contribution in [0.25, 0.3) is 0 Å². The lowest BCUT2D eigenvalue weighted by Crippen LogP contribution is -2.42. The fourth-order valence-electron chi connectivity index (χ4n) is 4.69. The van der Waals surface area contributed by atoms with Crippen molar-refractivity contribution in [2.45, 2.75) is 76.4 Å². The molecule has 0 bridgehead atoms. The van der Waals surface area contributed by atoms with Crippen molar-refractivity contribution in [2.75, 3.05) is 24.7 Å². The van der Waals surface area contributed by atoms with Gasteiger partial charge in [0.05, 0.1) is 5.60 Å². The Bertz CT molecular complexity index is 316. The van der Waals surface area contributed by atoms with Crippen molar-refractivity contribution in [3.05, 3.63) is 0 Å². The molecular weight excluding hydrogens is 278 g/mol. The number of thioether (sulfide) groups is 1. The van der Waals surface area contributed by atoms with E-state index < -0.39 is 0 Å². The van der Waals surface area contributed by atoms with Crippen LogP contribution in [0, 0.1) is 11.8 Å². The summed E-state index contributed by atoms with van der Waals surface area (Å²) in [6, 6.07) is 0.786. The van der Waals surface area contributed by atoms with Crippen LogP contribution in [0.2, 0.25) is 0 Å². The lowest BCUT2D eigenvalue weighted by molar-refractivity contribution is -0.0905. The maximum atomic E-state index is 6.23. The largest absolute Gasteiger partial charge is 0.374 e. The van der Waals surface area contributed by atoms with E-state index in [1.165, 1.54) is 75.8 Å². The number of hydrogen-bond donors (Lipinski definition) is 1. The molecule has 4 atom stereocenters. The molecule has 3 heteroatoms. The molecule has 3 fully saturated rings. The predicted molar refractivity (Wildman–Crippen MR) is 92.0 cm³/mol. The van der Waals surface area contributed by atoms with Gasteiger partial charge in [-0.25, -0.2) is 0 Å². The molecule has 0 radical (unpaired) electrons. The van der Waals surface area contributed by atoms with E-state index in [4.69, 9.17) is 4.74 Å². The first-order chi connectivity index (χ1) is 10.3. The lowest BCUT2D eigenvalue weighted by atomic mass is 9.75. The molecule has 1 saturated carbocycles. The number of hydrogen-bond acceptors (Lipinski definition) is 3. The van der Waals surface area contributed by atoms with E-state index in [1.54, 1.807) is 0 Å². The summed E-state index contributed by atoms with van der Waals surface area (Å²) in [4.78, 5) is 0. The van der Waals surface area contributed by atoms with Gasteiger partial charge in [-0.15, -0.1) is 0 Å². The van der Waals surface area contributed by atoms with Gasteiger partial charge in [0.1, 0.15) is 0 Å². The Kier molecular flexibility index (Phi) is 5.92. The maximum Gasteiger partial charge on any atom is 0.0783 e. The molecule has 4 unspecified atom stereocenters. The van der Waals surface area contributed by atoms with Crippen molar-refractivity contribution in [3.63, 3.8) is 0 Å². The minimum atomic E-state index is 0.270. The van der Waals surface area contributed by atoms with Crippen molar-refractivity contribution in [1.29, 1.82) is 0 Å². The molecule has 0 amide bonds. The van der Waals surface area contributed by atoms with Crippen LogP contribution < -0.4 is 5.32 Å². The molecule has 3 rings (SSSR count). The molecule has 2 aliphatic heterocycles. The van der Waals surface area contributed by atoms with Gasteiger partial charge in [-0.2, -0.15) is 11.8 Å². The van der Waals surface area contributed by atoms with E-state index in [2.05, 4.69) is 24.0 Å². The van der Waals surface area contributed by atoms with Gasteiger partial charge in [0.2, 0.25) is 0 Å². The van der Waals surface area contributed by atoms with Gasteiger partial charge in [-0.05, 0) is 62.7 Å². The van der Waals surface area contributed by atoms with Gasteiger partial charge >= 0.3 is 0 Å². The molecule has 1 spiro atoms. The number of ether oxygens (including phenoxy) is 1. The summed E-state index contributed by atoms with van der Waals surface area (Å²) in [7, 11) is 0. The van der Waals surface area contributed by atoms with E-state index >= 15 is 0 Å². The Morgan fingerprint density at radius 1 is 1.19 bits per heavy atom. The minimum Gasteiger partial charge on any atom is -0.374 e. The molecule has 21 heavy (non-hydrogen) atoms. The van der Waals surface area contributed by atoms with E-state index in [0.717, 1.165) is 24.5 Å². The first-order valence-electron chi connectivity index (χ1n) is 9.26. The summed E-state index contributed by atoms with van der Waals surface area (Å²) < 4.78 is 6.23. The second-order valence-corrected chi connectivity index (χ2v) is 8.62. The van der Waals surface area contributed by atoms with Gasteiger partial charge < -0.3 is 10.1 Å². The van der Waals surface area contributed by atoms with Crippen molar-refractivity contribution in [2.24, 2.45) is 11.8 Å². The molecule has 1 N–H and O–H groups in total. The second kappa shape index (κ2) is 7.70. The summed E-state index contributed by atoms with van der Waals surface area (Å²) in [5, 5.41) is 3.81. The normalized spacial score (nSPS) is 41.3. The molecule has 122 valence electrons. The van der Waals surface area contributed by atoms with E-state index in [9.17, 15) is 0 Å². The molecule has 2 saturated heterocycles. The Morgan fingerprint density at radius 2 is 2.10 bits per heavy atom. The van der Waals surface area contributed by atoms with Crippen LogP contribution in [-0.2, 0) is 4.74 Å². The third-order valence-electron chi connectivity index (χ3n) is 5.91. The maximum absolute atomic E-state index is 6.23. The van der Waals surface area contributed by atoms with Crippen LogP contribution in [0.4, 0.5) is 0 Å². The van der Waals surface area contributed by atoms with Gasteiger partial charge in [-0.3, -0.25) is 0 Å². The van der Waals surface area contributed by atoms with Crippen LogP contribution in [0.5, 0.6) is 0 Å². The number of nitrogens with one attached hydrogen (secondary N) is 1. The molecule has 3 aliphatic rings. The Labute approximate surface area is 135 Å². The highest BCUT2D eigenvalue weighted by molar-refractivity contribution is 7.99. The van der Waals surface area contributed by atoms with Crippen LogP contribution >= 0.6 is 11.8 Å². The quantitative estimate of drug-likeness (QED) is 0.785. The third-order valence-corrected chi connectivity index (χ3v) is 7.14. The summed E-state index contributed by atoms with van der Waals surface area (Å²) in [5.41, 5.74) is 0.270. The highest BCUT2D eigenvalue weighted by Crippen LogP contribution is 2.45. The van der Waals surface area contributed by atoms with Crippen molar-refractivity contribution in [3.8, 4) is 0 Å². The van der Waals surface area contributed by atoms with Crippen LogP contribution in [0.1, 0.15) is 64.7 Å². The zero-order chi connectivity index (χ0) is 14.5. The predicted octanol–water partition coefficient (Wildman–Crippen LogP) is 4.24. The molecular formula is C18H33NOS. The number of rotatable bonds is 4. The first kappa shape index (κ1) is 16.1. The van der Waals surface area contributed by atoms with Gasteiger partial charge in [0, 0.05) is 18.4 Å². The standard InChI is InChI=1S/C18H33NOS/c1-2-9-19-17-6-4-3-5-15(12-17)16-7-10-20-18(13-16)8-11-21-14-18/h15-17,19H,2-14H2,1H3. The Hall–Kier alpha value is 0.270. The van der Waals surface area contributed by atoms with Gasteiger partial charge in [-0.1, -0.05) is 26.2 Å². The highest BCUT2D eigenvalue weighted by atomic mass is 32.2. The fourth-order valence-corrected chi connectivity index (χ4v) is 6.07. The highest BCUT2D eigenvalue weighted by Gasteiger charge is 2.42. The topological polar surface area (TPSA) is 21.3 Å². The Morgan fingerprint density at radius 3 is 2.90 bits per heavy atom. The molecule has 1 aliphatic carbocycles. The fraction of sp³-hybridized carbons (Fsp3) is 1.00. The van der Waals surface area contributed by atoms with Crippen LogP contribution in [0.3, 0.4) is 0 Å².